The highest BCUT2D eigenvalue weighted by atomic mass is 28.4. The average molecular weight is 519 g/mol. The number of hydrogen-bond donors (Lipinski definition) is 1. The largest absolute Gasteiger partial charge is 0.459 e. The van der Waals surface area contributed by atoms with Gasteiger partial charge in [0, 0.05) is 25.2 Å². The molecular weight excluding hydrogens is 464 g/mol. The van der Waals surface area contributed by atoms with Gasteiger partial charge in [-0.05, 0) is 82.5 Å². The van der Waals surface area contributed by atoms with Gasteiger partial charge in [0.05, 0.1) is 0 Å². The second-order valence-corrected chi connectivity index (χ2v) is 18.3. The van der Waals surface area contributed by atoms with Gasteiger partial charge in [0.15, 0.2) is 8.32 Å². The van der Waals surface area contributed by atoms with E-state index in [9.17, 15) is 4.79 Å². The van der Waals surface area contributed by atoms with Gasteiger partial charge in [-0.25, -0.2) is 0 Å². The zero-order chi connectivity index (χ0) is 27.3. The molecule has 1 saturated heterocycles. The van der Waals surface area contributed by atoms with Gasteiger partial charge in [0.2, 0.25) is 0 Å². The zero-order valence-electron chi connectivity index (χ0n) is 24.8. The molecule has 0 saturated carbocycles. The van der Waals surface area contributed by atoms with Crippen LogP contribution < -0.4 is 5.73 Å². The van der Waals surface area contributed by atoms with Crippen LogP contribution in [0.25, 0.3) is 0 Å². The van der Waals surface area contributed by atoms with Gasteiger partial charge in [-0.1, -0.05) is 64.4 Å². The molecule has 3 unspecified atom stereocenters. The Morgan fingerprint density at radius 1 is 1.14 bits per heavy atom. The lowest BCUT2D eigenvalue weighted by Gasteiger charge is -2.40. The predicted octanol–water partition coefficient (Wildman–Crippen LogP) is 6.42. The molecule has 206 valence electrons. The molecule has 1 aromatic carbocycles. The fraction of sp³-hybridized carbons (Fsp3) is 0.767. The fourth-order valence-corrected chi connectivity index (χ4v) is 6.18. The molecule has 0 bridgehead atoms. The minimum atomic E-state index is -1.88. The van der Waals surface area contributed by atoms with Crippen LogP contribution in [0, 0.1) is 11.8 Å². The number of carbonyl (C=O) groups excluding carboxylic acids is 1. The molecule has 0 amide bonds. The van der Waals surface area contributed by atoms with Crippen LogP contribution in [0.4, 0.5) is 0 Å². The van der Waals surface area contributed by atoms with Crippen LogP contribution >= 0.6 is 0 Å². The molecule has 1 aliphatic rings. The van der Waals surface area contributed by atoms with Gasteiger partial charge in [-0.15, -0.1) is 0 Å². The molecule has 1 fully saturated rings. The Labute approximate surface area is 222 Å². The summed E-state index contributed by atoms with van der Waals surface area (Å²) in [6, 6.07) is 10.6. The van der Waals surface area contributed by atoms with Gasteiger partial charge < -0.3 is 14.9 Å². The number of esters is 1. The molecule has 1 aliphatic heterocycles. The molecule has 1 aromatic rings. The van der Waals surface area contributed by atoms with Gasteiger partial charge in [0.1, 0.15) is 11.6 Å². The van der Waals surface area contributed by atoms with E-state index in [2.05, 4.69) is 82.9 Å². The van der Waals surface area contributed by atoms with Crippen molar-refractivity contribution in [2.75, 3.05) is 13.2 Å². The van der Waals surface area contributed by atoms with Crippen LogP contribution in [-0.2, 0) is 20.4 Å². The molecule has 6 heteroatoms. The quantitative estimate of drug-likeness (QED) is 0.271. The summed E-state index contributed by atoms with van der Waals surface area (Å²) in [4.78, 5) is 16.0. The molecule has 1 heterocycles. The number of ether oxygens (including phenoxy) is 1. The Kier molecular flexibility index (Phi) is 10.8. The normalized spacial score (nSPS) is 22.3. The van der Waals surface area contributed by atoms with Crippen LogP contribution in [0.3, 0.4) is 0 Å². The summed E-state index contributed by atoms with van der Waals surface area (Å²) in [6.45, 7) is 23.2. The number of nitrogens with two attached hydrogens (primary N) is 1. The number of nitrogens with zero attached hydrogens (tertiary/aromatic N) is 1. The second kappa shape index (κ2) is 12.6. The number of carbonyl (C=O) groups is 1. The molecule has 2 N–H and O–H groups in total. The maximum atomic E-state index is 13.6. The maximum absolute atomic E-state index is 13.6. The van der Waals surface area contributed by atoms with Crippen molar-refractivity contribution in [3.05, 3.63) is 35.9 Å². The van der Waals surface area contributed by atoms with Crippen molar-refractivity contribution in [3.8, 4) is 0 Å². The Hall–Kier alpha value is -1.21. The lowest BCUT2D eigenvalue weighted by atomic mass is 9.84. The highest BCUT2D eigenvalue weighted by Crippen LogP contribution is 2.39. The minimum Gasteiger partial charge on any atom is -0.459 e. The molecule has 0 radical (unpaired) electrons. The summed E-state index contributed by atoms with van der Waals surface area (Å²) in [5.41, 5.74) is 7.37. The van der Waals surface area contributed by atoms with Crippen LogP contribution in [-0.4, -0.2) is 56.1 Å². The molecule has 5 nitrogen and oxygen atoms in total. The third kappa shape index (κ3) is 8.68. The Morgan fingerprint density at radius 3 is 2.25 bits per heavy atom. The summed E-state index contributed by atoms with van der Waals surface area (Å²) in [5, 5.41) is 0.160. The predicted molar refractivity (Wildman–Crippen MR) is 154 cm³/mol. The third-order valence-corrected chi connectivity index (χ3v) is 12.6. The monoisotopic (exact) mass is 518 g/mol. The third-order valence-electron chi connectivity index (χ3n) is 8.10. The van der Waals surface area contributed by atoms with E-state index in [1.54, 1.807) is 0 Å². The van der Waals surface area contributed by atoms with Crippen LogP contribution in [0.15, 0.2) is 30.3 Å². The first-order chi connectivity index (χ1) is 16.6. The van der Waals surface area contributed by atoms with E-state index in [0.29, 0.717) is 18.4 Å². The first kappa shape index (κ1) is 31.0. The Morgan fingerprint density at radius 2 is 1.75 bits per heavy atom. The lowest BCUT2D eigenvalue weighted by molar-refractivity contribution is -0.161. The number of rotatable bonds is 11. The van der Waals surface area contributed by atoms with Crippen molar-refractivity contribution in [1.29, 1.82) is 0 Å². The SMILES string of the molecule is CCC[C@@H](C(C)N)[C@H](Cc1ccccc1)N1CC(CO[Si](C)(C)C(C)(C)C)CC1C(=O)OC(C)(C)C. The van der Waals surface area contributed by atoms with E-state index in [0.717, 1.165) is 32.2 Å². The molecular formula is C30H54N2O3Si. The standard InChI is InChI=1S/C30H54N2O3Si/c1-11-15-25(22(2)31)26(18-23-16-13-12-14-17-23)32-20-24(21-34-36(9,10)30(6,7)8)19-27(32)28(33)35-29(3,4)5/h12-14,16-17,22,24-27H,11,15,18-21,31H2,1-10H3/t22?,24?,25-,26-,27?/m0/s1. The first-order valence-corrected chi connectivity index (χ1v) is 16.9. The van der Waals surface area contributed by atoms with E-state index in [4.69, 9.17) is 14.9 Å². The second-order valence-electron chi connectivity index (χ2n) is 13.5. The molecule has 0 spiro atoms. The van der Waals surface area contributed by atoms with E-state index < -0.39 is 13.9 Å². The van der Waals surface area contributed by atoms with Crippen molar-refractivity contribution < 1.29 is 14.0 Å². The van der Waals surface area contributed by atoms with Crippen LogP contribution in [0.1, 0.15) is 80.2 Å². The molecule has 5 atom stereocenters. The van der Waals surface area contributed by atoms with Crippen molar-refractivity contribution in [1.82, 2.24) is 4.90 Å². The number of benzene rings is 1. The Bertz CT molecular complexity index is 814. The van der Waals surface area contributed by atoms with Crippen LogP contribution in [0.5, 0.6) is 0 Å². The van der Waals surface area contributed by atoms with E-state index in [-0.39, 0.29) is 29.1 Å². The molecule has 2 rings (SSSR count). The number of likely N-dealkylation sites (tertiary alicyclic amines) is 1. The van der Waals surface area contributed by atoms with Gasteiger partial charge in [-0.3, -0.25) is 9.69 Å². The lowest BCUT2D eigenvalue weighted by Crippen LogP contribution is -2.52. The molecule has 0 aliphatic carbocycles. The average Bonchev–Trinajstić information content (AvgIpc) is 3.18. The van der Waals surface area contributed by atoms with E-state index in [1.165, 1.54) is 5.56 Å². The van der Waals surface area contributed by atoms with E-state index >= 15 is 0 Å². The topological polar surface area (TPSA) is 64.8 Å². The van der Waals surface area contributed by atoms with Gasteiger partial charge in [-0.2, -0.15) is 0 Å². The summed E-state index contributed by atoms with van der Waals surface area (Å²) in [6.07, 6.45) is 3.76. The number of hydrogen-bond acceptors (Lipinski definition) is 5. The summed E-state index contributed by atoms with van der Waals surface area (Å²) in [7, 11) is -1.88. The zero-order valence-corrected chi connectivity index (χ0v) is 25.8. The smallest absolute Gasteiger partial charge is 0.323 e. The fourth-order valence-electron chi connectivity index (χ4n) is 5.09. The van der Waals surface area contributed by atoms with Crippen LogP contribution in [0.2, 0.25) is 18.1 Å². The molecule has 36 heavy (non-hydrogen) atoms. The van der Waals surface area contributed by atoms with E-state index in [1.807, 2.05) is 20.8 Å². The van der Waals surface area contributed by atoms with Crippen molar-refractivity contribution in [2.24, 2.45) is 17.6 Å². The maximum Gasteiger partial charge on any atom is 0.323 e. The van der Waals surface area contributed by atoms with Gasteiger partial charge in [0.25, 0.3) is 0 Å². The summed E-state index contributed by atoms with van der Waals surface area (Å²) < 4.78 is 12.6. The molecule has 0 aromatic heterocycles. The van der Waals surface area contributed by atoms with Crippen molar-refractivity contribution >= 4 is 14.3 Å². The summed E-state index contributed by atoms with van der Waals surface area (Å²) >= 11 is 0. The van der Waals surface area contributed by atoms with Crippen molar-refractivity contribution in [3.63, 3.8) is 0 Å². The first-order valence-electron chi connectivity index (χ1n) is 14.0. The Balaban J connectivity index is 2.39. The highest BCUT2D eigenvalue weighted by Gasteiger charge is 2.46. The summed E-state index contributed by atoms with van der Waals surface area (Å²) in [5.74, 6) is 0.473. The van der Waals surface area contributed by atoms with Gasteiger partial charge >= 0.3 is 5.97 Å². The minimum absolute atomic E-state index is 0.0421. The van der Waals surface area contributed by atoms with Crippen molar-refractivity contribution in [2.45, 2.75) is 123 Å². The highest BCUT2D eigenvalue weighted by molar-refractivity contribution is 6.74.